The van der Waals surface area contributed by atoms with Crippen molar-refractivity contribution in [3.05, 3.63) is 78.1 Å². The molecule has 2 N–H and O–H groups in total. The fourth-order valence-electron chi connectivity index (χ4n) is 4.01. The third kappa shape index (κ3) is 5.75. The number of fused-ring (bicyclic) bond motifs is 1. The van der Waals surface area contributed by atoms with Gasteiger partial charge in [-0.05, 0) is 49.8 Å². The SMILES string of the molecule is C=CC(=O)N1CCC(Nc2ccc3ncnc(Nc4ccc(OCc5cnc(C)cn5)c(Cl)c4)c3n2)C1. The second-order valence-corrected chi connectivity index (χ2v) is 9.02. The predicted molar refractivity (Wildman–Crippen MR) is 142 cm³/mol. The maximum Gasteiger partial charge on any atom is 0.246 e. The first-order valence-corrected chi connectivity index (χ1v) is 12.1. The molecule has 1 fully saturated rings. The van der Waals surface area contributed by atoms with Crippen molar-refractivity contribution in [2.24, 2.45) is 0 Å². The molecule has 1 saturated heterocycles. The van der Waals surface area contributed by atoms with Crippen LogP contribution in [0.1, 0.15) is 17.8 Å². The van der Waals surface area contributed by atoms with Crippen molar-refractivity contribution in [1.82, 2.24) is 29.8 Å². The van der Waals surface area contributed by atoms with E-state index in [9.17, 15) is 4.79 Å². The van der Waals surface area contributed by atoms with Crippen molar-refractivity contribution < 1.29 is 9.53 Å². The van der Waals surface area contributed by atoms with E-state index >= 15 is 0 Å². The minimum absolute atomic E-state index is 0.0606. The van der Waals surface area contributed by atoms with E-state index < -0.39 is 0 Å². The number of hydrogen-bond donors (Lipinski definition) is 2. The van der Waals surface area contributed by atoms with E-state index in [2.05, 4.69) is 37.1 Å². The lowest BCUT2D eigenvalue weighted by Gasteiger charge is -2.16. The van der Waals surface area contributed by atoms with Gasteiger partial charge in [-0.3, -0.25) is 14.8 Å². The highest BCUT2D eigenvalue weighted by atomic mass is 35.5. The Labute approximate surface area is 218 Å². The van der Waals surface area contributed by atoms with Crippen molar-refractivity contribution >= 4 is 45.9 Å². The Morgan fingerprint density at radius 3 is 2.89 bits per heavy atom. The van der Waals surface area contributed by atoms with E-state index in [1.54, 1.807) is 29.4 Å². The number of nitrogens with zero attached hydrogens (tertiary/aromatic N) is 6. The number of aryl methyl sites for hydroxylation is 1. The summed E-state index contributed by atoms with van der Waals surface area (Å²) in [5.41, 5.74) is 3.59. The summed E-state index contributed by atoms with van der Waals surface area (Å²) in [5, 5.41) is 7.13. The van der Waals surface area contributed by atoms with Crippen LogP contribution in [0.2, 0.25) is 5.02 Å². The molecule has 1 atom stereocenters. The fraction of sp³-hybridized carbons (Fsp3) is 0.231. The molecule has 1 aliphatic rings. The topological polar surface area (TPSA) is 118 Å². The summed E-state index contributed by atoms with van der Waals surface area (Å²) < 4.78 is 5.81. The van der Waals surface area contributed by atoms with Gasteiger partial charge in [0.15, 0.2) is 5.82 Å². The van der Waals surface area contributed by atoms with E-state index in [4.69, 9.17) is 21.3 Å². The Hall–Kier alpha value is -4.31. The highest BCUT2D eigenvalue weighted by Gasteiger charge is 2.25. The van der Waals surface area contributed by atoms with Gasteiger partial charge in [0.2, 0.25) is 5.91 Å². The van der Waals surface area contributed by atoms with Crippen molar-refractivity contribution in [2.45, 2.75) is 26.0 Å². The minimum Gasteiger partial charge on any atom is -0.486 e. The van der Waals surface area contributed by atoms with Gasteiger partial charge in [0.25, 0.3) is 0 Å². The molecular weight excluding hydrogens is 492 g/mol. The zero-order chi connectivity index (χ0) is 25.8. The van der Waals surface area contributed by atoms with Crippen LogP contribution in [0.5, 0.6) is 5.75 Å². The molecule has 3 aromatic heterocycles. The summed E-state index contributed by atoms with van der Waals surface area (Å²) in [6.07, 6.45) is 7.03. The average molecular weight is 517 g/mol. The Balaban J connectivity index is 1.29. The standard InChI is InChI=1S/C26H25ClN8O2/c1-3-24(36)35-9-8-18(13-35)32-23-7-5-21-25(34-23)26(31-15-30-21)33-17-4-6-22(20(27)10-17)37-14-19-12-28-16(2)11-29-19/h3-7,10-12,15,18H,1,8-9,13-14H2,2H3,(H,32,34)(H,30,31,33). The largest absolute Gasteiger partial charge is 0.486 e. The summed E-state index contributed by atoms with van der Waals surface area (Å²) in [4.78, 5) is 35.6. The van der Waals surface area contributed by atoms with Gasteiger partial charge in [-0.2, -0.15) is 0 Å². The quantitative estimate of drug-likeness (QED) is 0.330. The molecule has 1 amide bonds. The second kappa shape index (κ2) is 10.8. The van der Waals surface area contributed by atoms with Gasteiger partial charge < -0.3 is 20.3 Å². The van der Waals surface area contributed by atoms with Crippen molar-refractivity contribution in [3.8, 4) is 5.75 Å². The van der Waals surface area contributed by atoms with Gasteiger partial charge >= 0.3 is 0 Å². The van der Waals surface area contributed by atoms with Crippen LogP contribution in [0.15, 0.2) is 61.7 Å². The number of nitrogens with one attached hydrogen (secondary N) is 2. The van der Waals surface area contributed by atoms with E-state index in [0.29, 0.717) is 52.2 Å². The minimum atomic E-state index is -0.0606. The molecule has 4 aromatic rings. The lowest BCUT2D eigenvalue weighted by molar-refractivity contribution is -0.125. The number of benzene rings is 1. The number of likely N-dealkylation sites (tertiary alicyclic amines) is 1. The maximum atomic E-state index is 11.9. The van der Waals surface area contributed by atoms with Crippen LogP contribution >= 0.6 is 11.6 Å². The molecule has 10 nitrogen and oxygen atoms in total. The highest BCUT2D eigenvalue weighted by Crippen LogP contribution is 2.31. The number of anilines is 3. The van der Waals surface area contributed by atoms with Crippen LogP contribution in [0.4, 0.5) is 17.3 Å². The molecule has 0 radical (unpaired) electrons. The van der Waals surface area contributed by atoms with Crippen LogP contribution in [-0.4, -0.2) is 54.9 Å². The molecule has 188 valence electrons. The molecule has 4 heterocycles. The first-order chi connectivity index (χ1) is 18.0. The summed E-state index contributed by atoms with van der Waals surface area (Å²) in [6.45, 7) is 6.99. The number of hydrogen-bond acceptors (Lipinski definition) is 9. The van der Waals surface area contributed by atoms with Crippen LogP contribution < -0.4 is 15.4 Å². The van der Waals surface area contributed by atoms with Gasteiger partial charge in [0, 0.05) is 31.0 Å². The zero-order valence-corrected chi connectivity index (χ0v) is 20.9. The summed E-state index contributed by atoms with van der Waals surface area (Å²) in [6, 6.07) is 9.26. The molecule has 0 spiro atoms. The second-order valence-electron chi connectivity index (χ2n) is 8.61. The van der Waals surface area contributed by atoms with Gasteiger partial charge in [-0.1, -0.05) is 18.2 Å². The number of carbonyl (C=O) groups is 1. The Kier molecular flexibility index (Phi) is 7.09. The van der Waals surface area contributed by atoms with E-state index in [1.807, 2.05) is 25.1 Å². The molecule has 11 heteroatoms. The Morgan fingerprint density at radius 2 is 2.11 bits per heavy atom. The molecule has 0 aliphatic carbocycles. The smallest absolute Gasteiger partial charge is 0.246 e. The maximum absolute atomic E-state index is 11.9. The third-order valence-corrected chi connectivity index (χ3v) is 6.21. The van der Waals surface area contributed by atoms with Crippen molar-refractivity contribution in [3.63, 3.8) is 0 Å². The molecule has 1 aromatic carbocycles. The van der Waals surface area contributed by atoms with Crippen molar-refractivity contribution in [2.75, 3.05) is 23.7 Å². The molecule has 1 aliphatic heterocycles. The van der Waals surface area contributed by atoms with Gasteiger partial charge in [0.1, 0.15) is 30.0 Å². The number of carbonyl (C=O) groups excluding carboxylic acids is 1. The number of amides is 1. The summed E-state index contributed by atoms with van der Waals surface area (Å²) >= 11 is 6.48. The van der Waals surface area contributed by atoms with E-state index in [0.717, 1.165) is 17.8 Å². The van der Waals surface area contributed by atoms with E-state index in [1.165, 1.54) is 12.4 Å². The number of pyridine rings is 1. The lowest BCUT2D eigenvalue weighted by atomic mass is 10.2. The Morgan fingerprint density at radius 1 is 1.22 bits per heavy atom. The first kappa shape index (κ1) is 24.4. The molecule has 5 rings (SSSR count). The van der Waals surface area contributed by atoms with Crippen LogP contribution in [0.3, 0.4) is 0 Å². The van der Waals surface area contributed by atoms with Crippen molar-refractivity contribution in [1.29, 1.82) is 0 Å². The summed E-state index contributed by atoms with van der Waals surface area (Å²) in [7, 11) is 0. The number of aromatic nitrogens is 5. The molecular formula is C26H25ClN8O2. The average Bonchev–Trinajstić information content (AvgIpc) is 3.37. The molecule has 0 bridgehead atoms. The molecule has 37 heavy (non-hydrogen) atoms. The monoisotopic (exact) mass is 516 g/mol. The Bertz CT molecular complexity index is 1450. The van der Waals surface area contributed by atoms with E-state index in [-0.39, 0.29) is 18.6 Å². The molecule has 0 saturated carbocycles. The lowest BCUT2D eigenvalue weighted by Crippen LogP contribution is -2.30. The number of halogens is 1. The third-order valence-electron chi connectivity index (χ3n) is 5.91. The predicted octanol–water partition coefficient (Wildman–Crippen LogP) is 4.30. The van der Waals surface area contributed by atoms with Crippen LogP contribution in [0.25, 0.3) is 11.0 Å². The van der Waals surface area contributed by atoms with Gasteiger partial charge in [-0.25, -0.2) is 15.0 Å². The van der Waals surface area contributed by atoms with Gasteiger partial charge in [-0.15, -0.1) is 0 Å². The normalized spacial score (nSPS) is 15.0. The van der Waals surface area contributed by atoms with Gasteiger partial charge in [0.05, 0.1) is 28.1 Å². The summed E-state index contributed by atoms with van der Waals surface area (Å²) in [5.74, 6) is 1.70. The first-order valence-electron chi connectivity index (χ1n) is 11.7. The fourth-order valence-corrected chi connectivity index (χ4v) is 4.24. The number of ether oxygens (including phenoxy) is 1. The zero-order valence-electron chi connectivity index (χ0n) is 20.2. The molecule has 1 unspecified atom stereocenters. The van der Waals surface area contributed by atoms with Crippen LogP contribution in [0, 0.1) is 6.92 Å². The number of rotatable bonds is 8. The van der Waals surface area contributed by atoms with Crippen LogP contribution in [-0.2, 0) is 11.4 Å². The highest BCUT2D eigenvalue weighted by molar-refractivity contribution is 6.32.